The Morgan fingerprint density at radius 1 is 1.26 bits per heavy atom. The van der Waals surface area contributed by atoms with Crippen LogP contribution in [0.25, 0.3) is 0 Å². The van der Waals surface area contributed by atoms with Crippen LogP contribution in [0.5, 0.6) is 0 Å². The Morgan fingerprint density at radius 3 is 2.56 bits per heavy atom. The first-order valence-corrected chi connectivity index (χ1v) is 9.53. The molecule has 2 atom stereocenters. The zero-order chi connectivity index (χ0) is 19.2. The SMILES string of the molecule is CC(C)(C)OC(=O)N1C[C@H]2C(c3ccc(F)cc3)=NO[C@]2(N2CCCC2)C1. The Kier molecular flexibility index (Phi) is 4.37. The van der Waals surface area contributed by atoms with E-state index in [4.69, 9.17) is 9.57 Å². The van der Waals surface area contributed by atoms with Crippen LogP contribution >= 0.6 is 0 Å². The van der Waals surface area contributed by atoms with Gasteiger partial charge in [-0.2, -0.15) is 0 Å². The van der Waals surface area contributed by atoms with Crippen molar-refractivity contribution in [3.05, 3.63) is 35.6 Å². The van der Waals surface area contributed by atoms with Crippen LogP contribution < -0.4 is 0 Å². The van der Waals surface area contributed by atoms with E-state index in [9.17, 15) is 9.18 Å². The Hall–Kier alpha value is -2.15. The van der Waals surface area contributed by atoms with Gasteiger partial charge in [0, 0.05) is 25.2 Å². The molecule has 3 heterocycles. The predicted molar refractivity (Wildman–Crippen MR) is 98.9 cm³/mol. The number of nitrogens with zero attached hydrogens (tertiary/aromatic N) is 3. The van der Waals surface area contributed by atoms with Gasteiger partial charge >= 0.3 is 6.09 Å². The average Bonchev–Trinajstić information content (AvgIpc) is 3.29. The first-order chi connectivity index (χ1) is 12.8. The second kappa shape index (κ2) is 6.48. The van der Waals surface area contributed by atoms with Crippen molar-refractivity contribution in [1.29, 1.82) is 0 Å². The van der Waals surface area contributed by atoms with Crippen LogP contribution in [0.3, 0.4) is 0 Å². The highest BCUT2D eigenvalue weighted by atomic mass is 19.1. The molecule has 2 saturated heterocycles. The molecule has 2 fully saturated rings. The first-order valence-electron chi connectivity index (χ1n) is 9.53. The number of hydrogen-bond acceptors (Lipinski definition) is 5. The third-order valence-corrected chi connectivity index (χ3v) is 5.43. The average molecular weight is 375 g/mol. The Morgan fingerprint density at radius 2 is 1.93 bits per heavy atom. The molecule has 6 nitrogen and oxygen atoms in total. The van der Waals surface area contributed by atoms with Crippen molar-refractivity contribution in [2.24, 2.45) is 11.1 Å². The van der Waals surface area contributed by atoms with Gasteiger partial charge in [0.1, 0.15) is 11.4 Å². The molecular formula is C20H26FN3O3. The number of carbonyl (C=O) groups excluding carboxylic acids is 1. The lowest BCUT2D eigenvalue weighted by atomic mass is 9.89. The zero-order valence-corrected chi connectivity index (χ0v) is 16.1. The molecule has 0 radical (unpaired) electrons. The minimum absolute atomic E-state index is 0.0893. The molecule has 0 aliphatic carbocycles. The molecule has 27 heavy (non-hydrogen) atoms. The number of carbonyl (C=O) groups is 1. The summed E-state index contributed by atoms with van der Waals surface area (Å²) >= 11 is 0. The number of fused-ring (bicyclic) bond motifs is 1. The molecule has 4 rings (SSSR count). The Labute approximate surface area is 158 Å². The van der Waals surface area contributed by atoms with E-state index in [1.165, 1.54) is 12.1 Å². The molecule has 7 heteroatoms. The van der Waals surface area contributed by atoms with Crippen molar-refractivity contribution in [3.63, 3.8) is 0 Å². The van der Waals surface area contributed by atoms with Gasteiger partial charge in [0.15, 0.2) is 0 Å². The maximum absolute atomic E-state index is 13.3. The quantitative estimate of drug-likeness (QED) is 0.796. The topological polar surface area (TPSA) is 54.4 Å². The highest BCUT2D eigenvalue weighted by Crippen LogP contribution is 2.43. The van der Waals surface area contributed by atoms with Gasteiger partial charge in [-0.25, -0.2) is 9.18 Å². The number of halogens is 1. The van der Waals surface area contributed by atoms with E-state index in [-0.39, 0.29) is 17.8 Å². The standard InChI is InChI=1S/C20H26FN3O3/c1-19(2,3)26-18(25)23-12-16-17(14-6-8-15(21)9-7-14)22-27-20(16,13-23)24-10-4-5-11-24/h6-9,16H,4-5,10-13H2,1-3H3/t16-,20+/m0/s1. The van der Waals surface area contributed by atoms with Gasteiger partial charge in [0.2, 0.25) is 5.72 Å². The van der Waals surface area contributed by atoms with Crippen molar-refractivity contribution in [3.8, 4) is 0 Å². The molecule has 0 N–H and O–H groups in total. The number of likely N-dealkylation sites (tertiary alicyclic amines) is 2. The second-order valence-corrected chi connectivity index (χ2v) is 8.53. The number of benzene rings is 1. The Balaban J connectivity index is 1.62. The van der Waals surface area contributed by atoms with Crippen LogP contribution in [0.4, 0.5) is 9.18 Å². The molecule has 1 amide bonds. The fourth-order valence-electron chi connectivity index (χ4n) is 4.21. The van der Waals surface area contributed by atoms with E-state index in [1.807, 2.05) is 20.8 Å². The van der Waals surface area contributed by atoms with E-state index < -0.39 is 11.3 Å². The van der Waals surface area contributed by atoms with Crippen LogP contribution in [0.1, 0.15) is 39.2 Å². The molecular weight excluding hydrogens is 349 g/mol. The fourth-order valence-corrected chi connectivity index (χ4v) is 4.21. The van der Waals surface area contributed by atoms with Gasteiger partial charge in [0.25, 0.3) is 0 Å². The van der Waals surface area contributed by atoms with E-state index in [0.29, 0.717) is 13.1 Å². The first kappa shape index (κ1) is 18.2. The smallest absolute Gasteiger partial charge is 0.410 e. The summed E-state index contributed by atoms with van der Waals surface area (Å²) in [7, 11) is 0. The summed E-state index contributed by atoms with van der Waals surface area (Å²) < 4.78 is 18.9. The fraction of sp³-hybridized carbons (Fsp3) is 0.600. The number of ether oxygens (including phenoxy) is 1. The van der Waals surface area contributed by atoms with Crippen LogP contribution in [0.2, 0.25) is 0 Å². The maximum atomic E-state index is 13.3. The van der Waals surface area contributed by atoms with Gasteiger partial charge in [-0.05, 0) is 45.7 Å². The lowest BCUT2D eigenvalue weighted by Gasteiger charge is -2.35. The van der Waals surface area contributed by atoms with E-state index in [0.717, 1.165) is 37.2 Å². The number of amides is 1. The number of hydrogen-bond donors (Lipinski definition) is 0. The molecule has 0 unspecified atom stereocenters. The lowest BCUT2D eigenvalue weighted by Crippen LogP contribution is -2.54. The van der Waals surface area contributed by atoms with Crippen molar-refractivity contribution in [1.82, 2.24) is 9.80 Å². The molecule has 3 aliphatic heterocycles. The van der Waals surface area contributed by atoms with Gasteiger partial charge in [-0.1, -0.05) is 17.3 Å². The third kappa shape index (κ3) is 3.29. The largest absolute Gasteiger partial charge is 0.444 e. The summed E-state index contributed by atoms with van der Waals surface area (Å²) in [6.07, 6.45) is 1.88. The number of oxime groups is 1. The summed E-state index contributed by atoms with van der Waals surface area (Å²) in [5, 5.41) is 4.38. The lowest BCUT2D eigenvalue weighted by molar-refractivity contribution is -0.136. The van der Waals surface area contributed by atoms with E-state index in [1.54, 1.807) is 17.0 Å². The summed E-state index contributed by atoms with van der Waals surface area (Å²) in [6.45, 7) is 8.32. The van der Waals surface area contributed by atoms with Gasteiger partial charge < -0.3 is 14.5 Å². The second-order valence-electron chi connectivity index (χ2n) is 8.53. The van der Waals surface area contributed by atoms with Crippen molar-refractivity contribution in [2.75, 3.05) is 26.2 Å². The van der Waals surface area contributed by atoms with Crippen molar-refractivity contribution < 1.29 is 18.8 Å². The van der Waals surface area contributed by atoms with E-state index in [2.05, 4.69) is 10.1 Å². The van der Waals surface area contributed by atoms with Crippen LogP contribution in [0.15, 0.2) is 29.4 Å². The molecule has 1 aromatic rings. The molecule has 0 spiro atoms. The van der Waals surface area contributed by atoms with Gasteiger partial charge in [0.05, 0.1) is 18.2 Å². The molecule has 1 aromatic carbocycles. The van der Waals surface area contributed by atoms with Crippen LogP contribution in [0, 0.1) is 11.7 Å². The monoisotopic (exact) mass is 375 g/mol. The highest BCUT2D eigenvalue weighted by molar-refractivity contribution is 6.04. The van der Waals surface area contributed by atoms with Crippen molar-refractivity contribution in [2.45, 2.75) is 44.9 Å². The molecule has 3 aliphatic rings. The normalized spacial score (nSPS) is 28.1. The number of rotatable bonds is 2. The summed E-state index contributed by atoms with van der Waals surface area (Å²) in [5.41, 5.74) is 0.392. The molecule has 0 bridgehead atoms. The van der Waals surface area contributed by atoms with Gasteiger partial charge in [-0.3, -0.25) is 4.90 Å². The molecule has 0 aromatic heterocycles. The third-order valence-electron chi connectivity index (χ3n) is 5.43. The predicted octanol–water partition coefficient (Wildman–Crippen LogP) is 3.22. The maximum Gasteiger partial charge on any atom is 0.410 e. The zero-order valence-electron chi connectivity index (χ0n) is 16.1. The molecule has 0 saturated carbocycles. The minimum atomic E-state index is -0.656. The summed E-state index contributed by atoms with van der Waals surface area (Å²) in [4.78, 5) is 22.7. The molecule has 146 valence electrons. The summed E-state index contributed by atoms with van der Waals surface area (Å²) in [5.74, 6) is -0.376. The van der Waals surface area contributed by atoms with Gasteiger partial charge in [-0.15, -0.1) is 0 Å². The van der Waals surface area contributed by atoms with Crippen molar-refractivity contribution >= 4 is 11.8 Å². The van der Waals surface area contributed by atoms with Crippen LogP contribution in [-0.4, -0.2) is 59.1 Å². The highest BCUT2D eigenvalue weighted by Gasteiger charge is 2.60. The van der Waals surface area contributed by atoms with E-state index >= 15 is 0 Å². The minimum Gasteiger partial charge on any atom is -0.444 e. The van der Waals surface area contributed by atoms with Crippen LogP contribution in [-0.2, 0) is 9.57 Å². The summed E-state index contributed by atoms with van der Waals surface area (Å²) in [6, 6.07) is 6.28. The Bertz CT molecular complexity index is 753.